The van der Waals surface area contributed by atoms with Crippen molar-refractivity contribution in [3.05, 3.63) is 11.8 Å². The minimum atomic E-state index is -0.600. The molecule has 0 bridgehead atoms. The van der Waals surface area contributed by atoms with Gasteiger partial charge >= 0.3 is 5.97 Å². The Balaban J connectivity index is 1.77. The SMILES string of the molecule is CC(C)(C)N1C[C@H]2[C@@H]3CC[C@H](C(=O)O)[C@@]3(C)CC[C@@H]2[C@@]2(C)CCC(=O)C=C12. The van der Waals surface area contributed by atoms with Gasteiger partial charge < -0.3 is 10.0 Å². The van der Waals surface area contributed by atoms with Gasteiger partial charge in [-0.25, -0.2) is 0 Å². The summed E-state index contributed by atoms with van der Waals surface area (Å²) in [5.74, 6) is 1.06. The maximum atomic E-state index is 12.3. The molecule has 0 aromatic carbocycles. The van der Waals surface area contributed by atoms with E-state index in [2.05, 4.69) is 39.5 Å². The smallest absolute Gasteiger partial charge is 0.307 e. The molecule has 3 aliphatic carbocycles. The average Bonchev–Trinajstić information content (AvgIpc) is 2.91. The second-order valence-electron chi connectivity index (χ2n) is 11.1. The van der Waals surface area contributed by atoms with E-state index >= 15 is 0 Å². The number of piperidine rings is 1. The molecule has 150 valence electrons. The Kier molecular flexibility index (Phi) is 4.11. The number of rotatable bonds is 1. The van der Waals surface area contributed by atoms with E-state index in [1.807, 2.05) is 6.08 Å². The van der Waals surface area contributed by atoms with E-state index in [1.165, 1.54) is 5.70 Å². The Hall–Kier alpha value is -1.32. The molecule has 1 N–H and O–H groups in total. The van der Waals surface area contributed by atoms with Crippen molar-refractivity contribution in [2.75, 3.05) is 6.54 Å². The van der Waals surface area contributed by atoms with Crippen LogP contribution in [-0.2, 0) is 9.59 Å². The van der Waals surface area contributed by atoms with Crippen LogP contribution in [0.2, 0.25) is 0 Å². The molecule has 0 unspecified atom stereocenters. The molecule has 0 spiro atoms. The zero-order valence-electron chi connectivity index (χ0n) is 17.5. The van der Waals surface area contributed by atoms with Crippen LogP contribution in [0.5, 0.6) is 0 Å². The van der Waals surface area contributed by atoms with Gasteiger partial charge in [0.2, 0.25) is 0 Å². The molecule has 4 nitrogen and oxygen atoms in total. The quantitative estimate of drug-likeness (QED) is 0.735. The standard InChI is InChI=1S/C23H35NO3/c1-21(2,3)24-13-15-16-6-7-18(20(26)27)22(16,4)11-9-17(15)23(5)10-8-14(25)12-19(23)24/h12,15-18H,6-11,13H2,1-5H3,(H,26,27)/t15-,16-,17-,18+,22-,23+/m0/s1. The molecule has 4 rings (SSSR count). The number of carbonyl (C=O) groups is 2. The zero-order chi connectivity index (χ0) is 19.8. The lowest BCUT2D eigenvalue weighted by atomic mass is 9.49. The molecule has 1 heterocycles. The van der Waals surface area contributed by atoms with Crippen LogP contribution in [0.25, 0.3) is 0 Å². The monoisotopic (exact) mass is 373 g/mol. The lowest BCUT2D eigenvalue weighted by Crippen LogP contribution is -2.61. The third-order valence-electron chi connectivity index (χ3n) is 8.82. The number of fused-ring (bicyclic) bond motifs is 5. The molecule has 2 saturated carbocycles. The van der Waals surface area contributed by atoms with Gasteiger partial charge in [0.15, 0.2) is 5.78 Å². The average molecular weight is 374 g/mol. The Morgan fingerprint density at radius 3 is 2.48 bits per heavy atom. The van der Waals surface area contributed by atoms with Crippen molar-refractivity contribution in [2.45, 2.75) is 78.7 Å². The third kappa shape index (κ3) is 2.61. The molecule has 0 aromatic rings. The lowest BCUT2D eigenvalue weighted by Gasteiger charge is -2.63. The molecule has 1 aliphatic heterocycles. The molecular formula is C23H35NO3. The number of ketones is 1. The molecule has 4 aliphatic rings. The Labute approximate surface area is 163 Å². The van der Waals surface area contributed by atoms with Crippen LogP contribution >= 0.6 is 0 Å². The first-order chi connectivity index (χ1) is 12.5. The fraction of sp³-hybridized carbons (Fsp3) is 0.826. The van der Waals surface area contributed by atoms with Crippen molar-refractivity contribution in [3.63, 3.8) is 0 Å². The van der Waals surface area contributed by atoms with Gasteiger partial charge in [0.25, 0.3) is 0 Å². The van der Waals surface area contributed by atoms with Crippen LogP contribution in [0.4, 0.5) is 0 Å². The van der Waals surface area contributed by atoms with E-state index in [-0.39, 0.29) is 28.1 Å². The highest BCUT2D eigenvalue weighted by Crippen LogP contribution is 2.65. The highest BCUT2D eigenvalue weighted by molar-refractivity contribution is 5.91. The summed E-state index contributed by atoms with van der Waals surface area (Å²) in [4.78, 5) is 26.7. The van der Waals surface area contributed by atoms with Crippen LogP contribution in [0.15, 0.2) is 11.8 Å². The van der Waals surface area contributed by atoms with E-state index in [9.17, 15) is 14.7 Å². The van der Waals surface area contributed by atoms with Gasteiger partial charge in [-0.1, -0.05) is 13.8 Å². The first-order valence-electron chi connectivity index (χ1n) is 10.7. The van der Waals surface area contributed by atoms with Gasteiger partial charge in [0.1, 0.15) is 0 Å². The summed E-state index contributed by atoms with van der Waals surface area (Å²) in [5.41, 5.74) is 1.20. The van der Waals surface area contributed by atoms with E-state index in [4.69, 9.17) is 0 Å². The molecule has 1 saturated heterocycles. The van der Waals surface area contributed by atoms with Crippen LogP contribution in [0, 0.1) is 34.5 Å². The molecule has 3 fully saturated rings. The van der Waals surface area contributed by atoms with Gasteiger partial charge in [-0.15, -0.1) is 0 Å². The number of carboxylic acids is 1. The van der Waals surface area contributed by atoms with Crippen molar-refractivity contribution < 1.29 is 14.7 Å². The van der Waals surface area contributed by atoms with Crippen molar-refractivity contribution in [2.24, 2.45) is 34.5 Å². The number of likely N-dealkylation sites (tertiary alicyclic amines) is 1. The van der Waals surface area contributed by atoms with Crippen LogP contribution in [0.3, 0.4) is 0 Å². The Morgan fingerprint density at radius 2 is 1.85 bits per heavy atom. The van der Waals surface area contributed by atoms with Crippen LogP contribution in [0.1, 0.15) is 73.1 Å². The second kappa shape index (κ2) is 5.84. The number of aliphatic carboxylic acids is 1. The predicted octanol–water partition coefficient (Wildman–Crippen LogP) is 4.50. The fourth-order valence-corrected chi connectivity index (χ4v) is 7.35. The van der Waals surface area contributed by atoms with Gasteiger partial charge in [-0.2, -0.15) is 0 Å². The molecule has 0 aromatic heterocycles. The topological polar surface area (TPSA) is 57.6 Å². The van der Waals surface area contributed by atoms with Crippen LogP contribution in [-0.4, -0.2) is 33.8 Å². The van der Waals surface area contributed by atoms with E-state index in [1.54, 1.807) is 0 Å². The number of hydrogen-bond acceptors (Lipinski definition) is 3. The summed E-state index contributed by atoms with van der Waals surface area (Å²) in [5, 5.41) is 9.80. The second-order valence-corrected chi connectivity index (χ2v) is 11.1. The lowest BCUT2D eigenvalue weighted by molar-refractivity contribution is -0.151. The summed E-state index contributed by atoms with van der Waals surface area (Å²) < 4.78 is 0. The highest BCUT2D eigenvalue weighted by Gasteiger charge is 2.62. The van der Waals surface area contributed by atoms with E-state index in [0.717, 1.165) is 38.6 Å². The molecule has 27 heavy (non-hydrogen) atoms. The third-order valence-corrected chi connectivity index (χ3v) is 8.82. The molecule has 6 atom stereocenters. The number of hydrogen-bond donors (Lipinski definition) is 1. The molecular weight excluding hydrogens is 338 g/mol. The number of allylic oxidation sites excluding steroid dienone is 2. The number of carboxylic acid groups (broad SMARTS) is 1. The summed E-state index contributed by atoms with van der Waals surface area (Å²) in [6, 6.07) is 0. The Bertz CT molecular complexity index is 705. The highest BCUT2D eigenvalue weighted by atomic mass is 16.4. The first-order valence-corrected chi connectivity index (χ1v) is 10.7. The summed E-state index contributed by atoms with van der Waals surface area (Å²) in [6.07, 6.45) is 7.52. The maximum absolute atomic E-state index is 12.3. The van der Waals surface area contributed by atoms with Crippen LogP contribution < -0.4 is 0 Å². The van der Waals surface area contributed by atoms with Crippen molar-refractivity contribution in [3.8, 4) is 0 Å². The predicted molar refractivity (Wildman–Crippen MR) is 105 cm³/mol. The van der Waals surface area contributed by atoms with Gasteiger partial charge in [0, 0.05) is 35.7 Å². The molecule has 0 amide bonds. The largest absolute Gasteiger partial charge is 0.481 e. The van der Waals surface area contributed by atoms with Crippen molar-refractivity contribution >= 4 is 11.8 Å². The fourth-order valence-electron chi connectivity index (χ4n) is 7.35. The van der Waals surface area contributed by atoms with Gasteiger partial charge in [-0.3, -0.25) is 9.59 Å². The maximum Gasteiger partial charge on any atom is 0.307 e. The minimum absolute atomic E-state index is 0.0334. The Morgan fingerprint density at radius 1 is 1.15 bits per heavy atom. The summed E-state index contributed by atoms with van der Waals surface area (Å²) in [7, 11) is 0. The van der Waals surface area contributed by atoms with Gasteiger partial charge in [-0.05, 0) is 76.0 Å². The normalized spacial score (nSPS) is 44.3. The van der Waals surface area contributed by atoms with Crippen molar-refractivity contribution in [1.29, 1.82) is 0 Å². The number of carbonyl (C=O) groups excluding carboxylic acids is 1. The van der Waals surface area contributed by atoms with Crippen molar-refractivity contribution in [1.82, 2.24) is 4.90 Å². The molecule has 4 heteroatoms. The summed E-state index contributed by atoms with van der Waals surface area (Å²) in [6.45, 7) is 12.3. The zero-order valence-corrected chi connectivity index (χ0v) is 17.5. The first kappa shape index (κ1) is 19.0. The number of nitrogens with zero attached hydrogens (tertiary/aromatic N) is 1. The summed E-state index contributed by atoms with van der Waals surface area (Å²) >= 11 is 0. The van der Waals surface area contributed by atoms with E-state index < -0.39 is 5.97 Å². The van der Waals surface area contributed by atoms with Gasteiger partial charge in [0.05, 0.1) is 5.92 Å². The molecule has 0 radical (unpaired) electrons. The minimum Gasteiger partial charge on any atom is -0.481 e. The van der Waals surface area contributed by atoms with E-state index in [0.29, 0.717) is 24.2 Å².